The first-order valence-corrected chi connectivity index (χ1v) is 7.95. The molecule has 1 aromatic carbocycles. The molecule has 1 amide bonds. The summed E-state index contributed by atoms with van der Waals surface area (Å²) < 4.78 is 58.7. The SMILES string of the molecule is CS(=O)(=O)CCNC(=O)C=Cc1ccc(C(F)(F)F)cc1. The van der Waals surface area contributed by atoms with Gasteiger partial charge in [0.2, 0.25) is 5.91 Å². The summed E-state index contributed by atoms with van der Waals surface area (Å²) in [6.07, 6.45) is -0.872. The van der Waals surface area contributed by atoms with Crippen LogP contribution in [0.4, 0.5) is 13.2 Å². The standard InChI is InChI=1S/C13H14F3NO3S/c1-21(19,20)9-8-17-12(18)7-4-10-2-5-11(6-3-10)13(14,15)16/h2-7H,8-9H2,1H3,(H,17,18). The van der Waals surface area contributed by atoms with E-state index < -0.39 is 27.5 Å². The molecule has 0 atom stereocenters. The fraction of sp³-hybridized carbons (Fsp3) is 0.308. The third kappa shape index (κ3) is 6.94. The van der Waals surface area contributed by atoms with Crippen molar-refractivity contribution in [3.05, 3.63) is 41.5 Å². The lowest BCUT2D eigenvalue weighted by Gasteiger charge is -2.05. The lowest BCUT2D eigenvalue weighted by Crippen LogP contribution is -2.27. The van der Waals surface area contributed by atoms with E-state index in [9.17, 15) is 26.4 Å². The van der Waals surface area contributed by atoms with Crippen molar-refractivity contribution in [1.82, 2.24) is 5.32 Å². The summed E-state index contributed by atoms with van der Waals surface area (Å²) in [6, 6.07) is 4.31. The van der Waals surface area contributed by atoms with Crippen LogP contribution in [0.25, 0.3) is 6.08 Å². The van der Waals surface area contributed by atoms with E-state index in [-0.39, 0.29) is 12.3 Å². The van der Waals surface area contributed by atoms with Gasteiger partial charge in [-0.15, -0.1) is 0 Å². The first kappa shape index (κ1) is 17.2. The summed E-state index contributed by atoms with van der Waals surface area (Å²) >= 11 is 0. The summed E-state index contributed by atoms with van der Waals surface area (Å²) in [5.74, 6) is -0.689. The van der Waals surface area contributed by atoms with E-state index in [1.807, 2.05) is 0 Å². The van der Waals surface area contributed by atoms with Gasteiger partial charge in [0.25, 0.3) is 0 Å². The minimum atomic E-state index is -4.40. The van der Waals surface area contributed by atoms with Crippen LogP contribution in [0, 0.1) is 0 Å². The van der Waals surface area contributed by atoms with Crippen molar-refractivity contribution in [2.45, 2.75) is 6.18 Å². The van der Waals surface area contributed by atoms with Gasteiger partial charge in [-0.1, -0.05) is 12.1 Å². The maximum atomic E-state index is 12.3. The number of hydrogen-bond acceptors (Lipinski definition) is 3. The van der Waals surface area contributed by atoms with Crippen molar-refractivity contribution in [1.29, 1.82) is 0 Å². The summed E-state index contributed by atoms with van der Waals surface area (Å²) in [5.41, 5.74) is -0.335. The first-order valence-electron chi connectivity index (χ1n) is 5.89. The van der Waals surface area contributed by atoms with E-state index >= 15 is 0 Å². The maximum Gasteiger partial charge on any atom is 0.416 e. The zero-order valence-corrected chi connectivity index (χ0v) is 12.0. The maximum absolute atomic E-state index is 12.3. The quantitative estimate of drug-likeness (QED) is 0.842. The molecule has 1 aromatic rings. The van der Waals surface area contributed by atoms with E-state index in [1.54, 1.807) is 0 Å². The van der Waals surface area contributed by atoms with Crippen LogP contribution < -0.4 is 5.32 Å². The fourth-order valence-electron chi connectivity index (χ4n) is 1.37. The predicted octanol–water partition coefficient (Wildman–Crippen LogP) is 1.88. The molecule has 8 heteroatoms. The molecule has 0 fully saturated rings. The average molecular weight is 321 g/mol. The molecule has 0 unspecified atom stereocenters. The highest BCUT2D eigenvalue weighted by Crippen LogP contribution is 2.29. The Bertz CT molecular complexity index is 619. The lowest BCUT2D eigenvalue weighted by atomic mass is 10.1. The molecule has 0 aliphatic rings. The van der Waals surface area contributed by atoms with Crippen molar-refractivity contribution >= 4 is 21.8 Å². The molecule has 1 N–H and O–H groups in total. The van der Waals surface area contributed by atoms with Crippen LogP contribution in [-0.4, -0.2) is 32.9 Å². The Labute approximate surface area is 120 Å². The van der Waals surface area contributed by atoms with Gasteiger partial charge in [0.1, 0.15) is 9.84 Å². The van der Waals surface area contributed by atoms with Gasteiger partial charge in [-0.25, -0.2) is 8.42 Å². The highest BCUT2D eigenvalue weighted by Gasteiger charge is 2.29. The van der Waals surface area contributed by atoms with Crippen molar-refractivity contribution in [3.63, 3.8) is 0 Å². The van der Waals surface area contributed by atoms with E-state index in [0.717, 1.165) is 24.5 Å². The molecular formula is C13H14F3NO3S. The Morgan fingerprint density at radius 2 is 1.81 bits per heavy atom. The number of benzene rings is 1. The second kappa shape index (κ2) is 6.75. The molecule has 0 spiro atoms. The lowest BCUT2D eigenvalue weighted by molar-refractivity contribution is -0.137. The van der Waals surface area contributed by atoms with Crippen molar-refractivity contribution < 1.29 is 26.4 Å². The van der Waals surface area contributed by atoms with E-state index in [2.05, 4.69) is 5.32 Å². The third-order valence-corrected chi connectivity index (χ3v) is 3.38. The molecular weight excluding hydrogens is 307 g/mol. The summed E-state index contributed by atoms with van der Waals surface area (Å²) in [4.78, 5) is 11.4. The van der Waals surface area contributed by atoms with E-state index in [4.69, 9.17) is 0 Å². The molecule has 1 rings (SSSR count). The molecule has 0 bridgehead atoms. The molecule has 4 nitrogen and oxygen atoms in total. The second-order valence-electron chi connectivity index (χ2n) is 4.37. The van der Waals surface area contributed by atoms with Gasteiger partial charge < -0.3 is 5.32 Å². The van der Waals surface area contributed by atoms with Crippen LogP contribution in [-0.2, 0) is 20.8 Å². The van der Waals surface area contributed by atoms with Gasteiger partial charge in [-0.2, -0.15) is 13.2 Å². The Hall–Kier alpha value is -1.83. The smallest absolute Gasteiger partial charge is 0.352 e. The Morgan fingerprint density at radius 1 is 1.24 bits per heavy atom. The molecule has 116 valence electrons. The van der Waals surface area contributed by atoms with Crippen LogP contribution >= 0.6 is 0 Å². The summed E-state index contributed by atoms with van der Waals surface area (Å²) in [5, 5.41) is 2.36. The van der Waals surface area contributed by atoms with Crippen molar-refractivity contribution in [3.8, 4) is 0 Å². The van der Waals surface area contributed by atoms with Gasteiger partial charge in [-0.05, 0) is 23.8 Å². The molecule has 0 saturated heterocycles. The topological polar surface area (TPSA) is 63.2 Å². The number of nitrogens with one attached hydrogen (secondary N) is 1. The molecule has 0 radical (unpaired) electrons. The molecule has 0 aliphatic carbocycles. The van der Waals surface area contributed by atoms with Crippen LogP contribution in [0.15, 0.2) is 30.3 Å². The zero-order chi connectivity index (χ0) is 16.1. The van der Waals surface area contributed by atoms with Crippen LogP contribution in [0.3, 0.4) is 0 Å². The fourth-order valence-corrected chi connectivity index (χ4v) is 1.85. The Morgan fingerprint density at radius 3 is 2.29 bits per heavy atom. The minimum Gasteiger partial charge on any atom is -0.352 e. The number of amides is 1. The normalized spacial score (nSPS) is 12.6. The number of alkyl halides is 3. The number of carbonyl (C=O) groups excluding carboxylic acids is 1. The highest BCUT2D eigenvalue weighted by atomic mass is 32.2. The van der Waals surface area contributed by atoms with Gasteiger partial charge in [0, 0.05) is 18.9 Å². The van der Waals surface area contributed by atoms with Gasteiger partial charge in [0.05, 0.1) is 11.3 Å². The number of halogens is 3. The van der Waals surface area contributed by atoms with Crippen LogP contribution in [0.1, 0.15) is 11.1 Å². The second-order valence-corrected chi connectivity index (χ2v) is 6.63. The number of carbonyl (C=O) groups is 1. The third-order valence-electron chi connectivity index (χ3n) is 2.44. The van der Waals surface area contributed by atoms with Crippen molar-refractivity contribution in [2.24, 2.45) is 0 Å². The average Bonchev–Trinajstić information content (AvgIpc) is 2.34. The van der Waals surface area contributed by atoms with Gasteiger partial charge in [-0.3, -0.25) is 4.79 Å². The molecule has 0 heterocycles. The van der Waals surface area contributed by atoms with Gasteiger partial charge in [0.15, 0.2) is 0 Å². The summed E-state index contributed by atoms with van der Waals surface area (Å²) in [7, 11) is -3.15. The monoisotopic (exact) mass is 321 g/mol. The number of rotatable bonds is 5. The Kier molecular flexibility index (Phi) is 5.54. The van der Waals surface area contributed by atoms with Gasteiger partial charge >= 0.3 is 6.18 Å². The highest BCUT2D eigenvalue weighted by molar-refractivity contribution is 7.90. The molecule has 21 heavy (non-hydrogen) atoms. The zero-order valence-electron chi connectivity index (χ0n) is 11.1. The van der Waals surface area contributed by atoms with E-state index in [1.165, 1.54) is 18.2 Å². The number of hydrogen-bond donors (Lipinski definition) is 1. The van der Waals surface area contributed by atoms with Crippen LogP contribution in [0.5, 0.6) is 0 Å². The van der Waals surface area contributed by atoms with Crippen LogP contribution in [0.2, 0.25) is 0 Å². The summed E-state index contributed by atoms with van der Waals surface area (Å²) in [6.45, 7) is -0.0188. The molecule has 0 aliphatic heterocycles. The predicted molar refractivity (Wildman–Crippen MR) is 73.2 cm³/mol. The Balaban J connectivity index is 2.55. The van der Waals surface area contributed by atoms with Crippen molar-refractivity contribution in [2.75, 3.05) is 18.6 Å². The number of sulfone groups is 1. The molecule has 0 aromatic heterocycles. The minimum absolute atomic E-state index is 0.0188. The molecule has 0 saturated carbocycles. The first-order chi connectivity index (χ1) is 9.58. The van der Waals surface area contributed by atoms with E-state index in [0.29, 0.717) is 5.56 Å². The largest absolute Gasteiger partial charge is 0.416 e.